The first-order chi connectivity index (χ1) is 20.8. The number of rotatable bonds is 9. The molecule has 2 unspecified atom stereocenters. The van der Waals surface area contributed by atoms with Crippen molar-refractivity contribution in [1.82, 2.24) is 10.9 Å². The van der Waals surface area contributed by atoms with Gasteiger partial charge in [0.25, 0.3) is 19.2 Å². The molecule has 0 bridgehead atoms. The Balaban J connectivity index is 0.000000537. The van der Waals surface area contributed by atoms with Gasteiger partial charge < -0.3 is 4.74 Å². The van der Waals surface area contributed by atoms with Gasteiger partial charge in [-0.25, -0.2) is 23.0 Å². The van der Waals surface area contributed by atoms with Crippen molar-refractivity contribution in [3.63, 3.8) is 0 Å². The van der Waals surface area contributed by atoms with E-state index in [0.29, 0.717) is 5.56 Å². The van der Waals surface area contributed by atoms with Crippen LogP contribution in [0.25, 0.3) is 0 Å². The zero-order valence-electron chi connectivity index (χ0n) is 25.8. The molecule has 14 heteroatoms. The van der Waals surface area contributed by atoms with E-state index in [9.17, 15) is 30.8 Å². The maximum atomic E-state index is 13.4. The van der Waals surface area contributed by atoms with Crippen LogP contribution in [0.15, 0.2) is 82.6 Å². The van der Waals surface area contributed by atoms with Crippen LogP contribution in [-0.4, -0.2) is 41.0 Å². The fourth-order valence-corrected chi connectivity index (χ4v) is 5.58. The molecule has 0 spiro atoms. The first-order valence-electron chi connectivity index (χ1n) is 13.8. The standard InChI is InChI=1S/C24H31FN2O6S.C7H7ClO2S/c1-16-6-12-20(13-7-16)34(30,31)32-15-14-17(2)21(18-8-10-19(25)11-9-18)22(28)26-27-23(29)33-24(3,4)5;1-6-2-4-7(5-3-6)11(8,9)10/h6-13,17,21H,14-15H2,1-5H3,(H,26,28)(H,27,29);2-5H,1H3. The predicted molar refractivity (Wildman–Crippen MR) is 169 cm³/mol. The van der Waals surface area contributed by atoms with E-state index in [1.807, 2.05) is 13.8 Å². The van der Waals surface area contributed by atoms with Gasteiger partial charge in [0.2, 0.25) is 5.91 Å². The lowest BCUT2D eigenvalue weighted by molar-refractivity contribution is -0.124. The third-order valence-electron chi connectivity index (χ3n) is 6.19. The van der Waals surface area contributed by atoms with Crippen molar-refractivity contribution >= 4 is 41.9 Å². The molecular formula is C31H38ClFN2O8S2. The summed E-state index contributed by atoms with van der Waals surface area (Å²) in [5.74, 6) is -2.26. The molecule has 0 aliphatic rings. The molecule has 246 valence electrons. The summed E-state index contributed by atoms with van der Waals surface area (Å²) >= 11 is 0. The van der Waals surface area contributed by atoms with Gasteiger partial charge in [-0.2, -0.15) is 8.42 Å². The second-order valence-electron chi connectivity index (χ2n) is 11.3. The van der Waals surface area contributed by atoms with Gasteiger partial charge >= 0.3 is 6.09 Å². The van der Waals surface area contributed by atoms with Gasteiger partial charge in [0, 0.05) is 10.7 Å². The van der Waals surface area contributed by atoms with Crippen LogP contribution < -0.4 is 10.9 Å². The number of halogens is 2. The molecule has 2 amide bonds. The summed E-state index contributed by atoms with van der Waals surface area (Å²) in [6, 6.07) is 18.0. The van der Waals surface area contributed by atoms with E-state index in [1.54, 1.807) is 52.0 Å². The van der Waals surface area contributed by atoms with E-state index < -0.39 is 54.4 Å². The highest BCUT2D eigenvalue weighted by molar-refractivity contribution is 8.13. The molecule has 3 aromatic rings. The number of hydrogen-bond acceptors (Lipinski definition) is 8. The second-order valence-corrected chi connectivity index (χ2v) is 15.4. The molecule has 0 saturated heterocycles. The van der Waals surface area contributed by atoms with Gasteiger partial charge in [-0.1, -0.05) is 54.4 Å². The van der Waals surface area contributed by atoms with E-state index in [0.717, 1.165) is 11.1 Å². The zero-order chi connectivity index (χ0) is 34.0. The number of carbonyl (C=O) groups is 2. The highest BCUT2D eigenvalue weighted by Crippen LogP contribution is 2.28. The maximum Gasteiger partial charge on any atom is 0.426 e. The summed E-state index contributed by atoms with van der Waals surface area (Å²) in [7, 11) is -2.42. The normalized spacial score (nSPS) is 13.1. The maximum absolute atomic E-state index is 13.4. The van der Waals surface area contributed by atoms with Crippen molar-refractivity contribution in [2.45, 2.75) is 69.3 Å². The molecule has 0 aromatic heterocycles. The molecule has 2 N–H and O–H groups in total. The van der Waals surface area contributed by atoms with E-state index in [4.69, 9.17) is 19.6 Å². The molecule has 45 heavy (non-hydrogen) atoms. The zero-order valence-corrected chi connectivity index (χ0v) is 28.2. The van der Waals surface area contributed by atoms with Crippen LogP contribution in [0.5, 0.6) is 0 Å². The van der Waals surface area contributed by atoms with E-state index >= 15 is 0 Å². The van der Waals surface area contributed by atoms with Crippen molar-refractivity contribution < 1.29 is 39.7 Å². The summed E-state index contributed by atoms with van der Waals surface area (Å²) in [6.45, 7) is 10.3. The number of benzene rings is 3. The monoisotopic (exact) mass is 684 g/mol. The first kappa shape index (κ1) is 37.7. The minimum absolute atomic E-state index is 0.0418. The number of nitrogens with one attached hydrogen (secondary N) is 2. The van der Waals surface area contributed by atoms with E-state index in [1.165, 1.54) is 48.5 Å². The van der Waals surface area contributed by atoms with Gasteiger partial charge in [-0.05, 0) is 88.9 Å². The van der Waals surface area contributed by atoms with Crippen molar-refractivity contribution in [3.8, 4) is 0 Å². The lowest BCUT2D eigenvalue weighted by atomic mass is 9.85. The molecule has 0 saturated carbocycles. The Kier molecular flexibility index (Phi) is 13.5. The van der Waals surface area contributed by atoms with Crippen LogP contribution in [0.4, 0.5) is 9.18 Å². The van der Waals surface area contributed by atoms with Crippen LogP contribution in [-0.2, 0) is 32.9 Å². The van der Waals surface area contributed by atoms with Crippen molar-refractivity contribution in [2.24, 2.45) is 5.92 Å². The summed E-state index contributed by atoms with van der Waals surface area (Å²) in [5.41, 5.74) is 6.19. The molecule has 2 atom stereocenters. The minimum atomic E-state index is -3.95. The number of hydrogen-bond donors (Lipinski definition) is 2. The summed E-state index contributed by atoms with van der Waals surface area (Å²) < 4.78 is 69.9. The number of amides is 2. The molecule has 10 nitrogen and oxygen atoms in total. The minimum Gasteiger partial charge on any atom is -0.443 e. The predicted octanol–water partition coefficient (Wildman–Crippen LogP) is 6.13. The number of aryl methyl sites for hydroxylation is 2. The van der Waals surface area contributed by atoms with Crippen molar-refractivity contribution in [1.29, 1.82) is 0 Å². The third-order valence-corrected chi connectivity index (χ3v) is 8.89. The van der Waals surface area contributed by atoms with Crippen molar-refractivity contribution in [2.75, 3.05) is 6.61 Å². The Labute approximate surface area is 268 Å². The Morgan fingerprint density at radius 3 is 1.78 bits per heavy atom. The fraction of sp³-hybridized carbons (Fsp3) is 0.355. The van der Waals surface area contributed by atoms with Crippen molar-refractivity contribution in [3.05, 3.63) is 95.3 Å². The van der Waals surface area contributed by atoms with Crippen LogP contribution >= 0.6 is 10.7 Å². The highest BCUT2D eigenvalue weighted by atomic mass is 35.7. The molecule has 0 fully saturated rings. The van der Waals surface area contributed by atoms with Crippen LogP contribution in [0.2, 0.25) is 0 Å². The summed E-state index contributed by atoms with van der Waals surface area (Å²) in [4.78, 5) is 25.0. The summed E-state index contributed by atoms with van der Waals surface area (Å²) in [5, 5.41) is 0. The first-order valence-corrected chi connectivity index (χ1v) is 17.5. The number of ether oxygens (including phenoxy) is 1. The molecular weight excluding hydrogens is 647 g/mol. The quantitative estimate of drug-likeness (QED) is 0.156. The lowest BCUT2D eigenvalue weighted by Gasteiger charge is -2.25. The molecule has 0 aliphatic heterocycles. The van der Waals surface area contributed by atoms with Gasteiger partial charge in [-0.15, -0.1) is 0 Å². The average Bonchev–Trinajstić information content (AvgIpc) is 2.92. The van der Waals surface area contributed by atoms with Gasteiger partial charge in [0.1, 0.15) is 11.4 Å². The van der Waals surface area contributed by atoms with Crippen LogP contribution in [0, 0.1) is 25.6 Å². The van der Waals surface area contributed by atoms with Gasteiger partial charge in [0.05, 0.1) is 22.3 Å². The fourth-order valence-electron chi connectivity index (χ4n) is 3.89. The average molecular weight is 685 g/mol. The Morgan fingerprint density at radius 1 is 0.822 bits per heavy atom. The Bertz CT molecular complexity index is 1640. The Morgan fingerprint density at radius 2 is 1.31 bits per heavy atom. The lowest BCUT2D eigenvalue weighted by Crippen LogP contribution is -2.47. The van der Waals surface area contributed by atoms with Gasteiger partial charge in [0.15, 0.2) is 0 Å². The molecule has 0 radical (unpaired) electrons. The second kappa shape index (κ2) is 16.2. The third kappa shape index (κ3) is 13.2. The molecule has 3 rings (SSSR count). The van der Waals surface area contributed by atoms with E-state index in [2.05, 4.69) is 10.9 Å². The SMILES string of the molecule is Cc1ccc(S(=O)(=O)Cl)cc1.Cc1ccc(S(=O)(=O)OCCC(C)C(C(=O)NNC(=O)OC(C)(C)C)c2ccc(F)cc2)cc1. The Hall–Kier alpha value is -3.52. The topological polar surface area (TPSA) is 145 Å². The summed E-state index contributed by atoms with van der Waals surface area (Å²) in [6.07, 6.45) is -0.633. The number of hydrazine groups is 1. The molecule has 0 aliphatic carbocycles. The van der Waals surface area contributed by atoms with Crippen LogP contribution in [0.3, 0.4) is 0 Å². The highest BCUT2D eigenvalue weighted by Gasteiger charge is 2.29. The molecule has 0 heterocycles. The van der Waals surface area contributed by atoms with Gasteiger partial charge in [-0.3, -0.25) is 14.4 Å². The van der Waals surface area contributed by atoms with E-state index in [-0.39, 0.29) is 22.8 Å². The smallest absolute Gasteiger partial charge is 0.426 e. The van der Waals surface area contributed by atoms with Crippen LogP contribution in [0.1, 0.15) is 56.7 Å². The largest absolute Gasteiger partial charge is 0.443 e. The number of carbonyl (C=O) groups excluding carboxylic acids is 2. The molecule has 3 aromatic carbocycles.